The van der Waals surface area contributed by atoms with Crippen molar-refractivity contribution < 1.29 is 22.3 Å². The van der Waals surface area contributed by atoms with Crippen molar-refractivity contribution in [1.82, 2.24) is 10.2 Å². The summed E-state index contributed by atoms with van der Waals surface area (Å²) in [5.41, 5.74) is 0.581. The van der Waals surface area contributed by atoms with Crippen molar-refractivity contribution in [3.8, 4) is 5.75 Å². The number of rotatable bonds is 6. The Bertz CT molecular complexity index is 531. The van der Waals surface area contributed by atoms with E-state index < -0.39 is 12.5 Å². The highest BCUT2D eigenvalue weighted by molar-refractivity contribution is 5.37. The number of benzene rings is 1. The predicted octanol–water partition coefficient (Wildman–Crippen LogP) is 3.28. The van der Waals surface area contributed by atoms with Crippen LogP contribution < -0.4 is 10.1 Å². The van der Waals surface area contributed by atoms with Crippen LogP contribution in [0, 0.1) is 5.92 Å². The molecule has 1 aromatic carbocycles. The van der Waals surface area contributed by atoms with Crippen LogP contribution >= 0.6 is 0 Å². The van der Waals surface area contributed by atoms with E-state index in [1.165, 1.54) is 12.1 Å². The maximum absolute atomic E-state index is 13.3. The van der Waals surface area contributed by atoms with E-state index in [0.29, 0.717) is 11.5 Å². The highest BCUT2D eigenvalue weighted by atomic mass is 19.3. The Labute approximate surface area is 132 Å². The minimum absolute atomic E-state index is 0.0539. The second kappa shape index (κ2) is 6.65. The number of hydrogen-bond donors (Lipinski definition) is 1. The van der Waals surface area contributed by atoms with E-state index in [9.17, 15) is 17.6 Å². The fourth-order valence-corrected chi connectivity index (χ4v) is 3.13. The van der Waals surface area contributed by atoms with Crippen LogP contribution in [0.25, 0.3) is 0 Å². The Balaban J connectivity index is 1.88. The number of alkyl halides is 4. The van der Waals surface area contributed by atoms with E-state index in [1.807, 2.05) is 0 Å². The van der Waals surface area contributed by atoms with Crippen molar-refractivity contribution in [2.45, 2.75) is 31.4 Å². The van der Waals surface area contributed by atoms with Crippen molar-refractivity contribution in [1.29, 1.82) is 0 Å². The van der Waals surface area contributed by atoms with E-state index in [1.54, 1.807) is 12.1 Å². The lowest BCUT2D eigenvalue weighted by molar-refractivity contribution is -0.253. The molecule has 0 amide bonds. The number of halogens is 4. The highest BCUT2D eigenvalue weighted by Gasteiger charge is 2.45. The Morgan fingerprint density at radius 3 is 2.39 bits per heavy atom. The maximum atomic E-state index is 13.3. The lowest BCUT2D eigenvalue weighted by atomic mass is 9.98. The first-order chi connectivity index (χ1) is 11.0. The molecule has 3 nitrogen and oxygen atoms in total. The molecule has 1 atom stereocenters. The zero-order valence-electron chi connectivity index (χ0n) is 12.7. The fraction of sp³-hybridized carbons (Fsp3) is 0.625. The minimum Gasteiger partial charge on any atom is -0.428 e. The summed E-state index contributed by atoms with van der Waals surface area (Å²) in [6.45, 7) is 3.28. The molecular weight excluding hydrogens is 312 g/mol. The van der Waals surface area contributed by atoms with Gasteiger partial charge in [0.2, 0.25) is 0 Å². The molecule has 1 aliphatic carbocycles. The highest BCUT2D eigenvalue weighted by Crippen LogP contribution is 2.47. The average Bonchev–Trinajstić information content (AvgIpc) is 3.35. The summed E-state index contributed by atoms with van der Waals surface area (Å²) in [6.07, 6.45) is -6.29. The Morgan fingerprint density at radius 1 is 1.13 bits per heavy atom. The van der Waals surface area contributed by atoms with Crippen LogP contribution in [0.4, 0.5) is 17.6 Å². The van der Waals surface area contributed by atoms with Gasteiger partial charge in [0.1, 0.15) is 5.75 Å². The minimum atomic E-state index is -4.48. The molecule has 7 heteroatoms. The van der Waals surface area contributed by atoms with E-state index >= 15 is 0 Å². The average molecular weight is 332 g/mol. The van der Waals surface area contributed by atoms with E-state index in [-0.39, 0.29) is 11.8 Å². The Morgan fingerprint density at radius 2 is 1.78 bits per heavy atom. The Hall–Kier alpha value is -1.34. The second-order valence-corrected chi connectivity index (χ2v) is 6.07. The Kier molecular flexibility index (Phi) is 4.77. The molecule has 2 fully saturated rings. The molecular formula is C16H20F4N2O. The number of piperazine rings is 1. The molecule has 0 radical (unpaired) electrons. The number of hydrogen-bond acceptors (Lipinski definition) is 3. The molecule has 128 valence electrons. The monoisotopic (exact) mass is 332 g/mol. The fourth-order valence-electron chi connectivity index (χ4n) is 3.13. The van der Waals surface area contributed by atoms with Gasteiger partial charge in [-0.2, -0.15) is 17.6 Å². The number of nitrogens with zero attached hydrogens (tertiary/aromatic N) is 1. The summed E-state index contributed by atoms with van der Waals surface area (Å²) in [6, 6.07) is 6.27. The molecule has 1 saturated carbocycles. The first-order valence-corrected chi connectivity index (χ1v) is 7.87. The van der Waals surface area contributed by atoms with Crippen molar-refractivity contribution in [2.24, 2.45) is 5.92 Å². The second-order valence-electron chi connectivity index (χ2n) is 6.07. The van der Waals surface area contributed by atoms with Crippen LogP contribution in [0.5, 0.6) is 5.75 Å². The van der Waals surface area contributed by atoms with Gasteiger partial charge in [0.25, 0.3) is 0 Å². The molecule has 1 saturated heterocycles. The van der Waals surface area contributed by atoms with Gasteiger partial charge in [-0.25, -0.2) is 0 Å². The summed E-state index contributed by atoms with van der Waals surface area (Å²) >= 11 is 0. The number of ether oxygens (including phenoxy) is 1. The summed E-state index contributed by atoms with van der Waals surface area (Å²) in [4.78, 5) is 2.23. The van der Waals surface area contributed by atoms with Gasteiger partial charge in [-0.3, -0.25) is 4.90 Å². The molecule has 0 aromatic heterocycles. The van der Waals surface area contributed by atoms with Gasteiger partial charge < -0.3 is 10.1 Å². The molecule has 0 bridgehead atoms. The topological polar surface area (TPSA) is 24.5 Å². The van der Waals surface area contributed by atoms with Gasteiger partial charge in [0.05, 0.1) is 0 Å². The van der Waals surface area contributed by atoms with Gasteiger partial charge in [-0.15, -0.1) is 0 Å². The molecule has 1 aliphatic heterocycles. The van der Waals surface area contributed by atoms with Crippen LogP contribution in [-0.4, -0.2) is 43.6 Å². The van der Waals surface area contributed by atoms with E-state index in [4.69, 9.17) is 0 Å². The lowest BCUT2D eigenvalue weighted by Crippen LogP contribution is -2.46. The van der Waals surface area contributed by atoms with Gasteiger partial charge in [-0.05, 0) is 24.8 Å². The van der Waals surface area contributed by atoms with Gasteiger partial charge in [0.15, 0.2) is 0 Å². The van der Waals surface area contributed by atoms with Crippen LogP contribution in [0.3, 0.4) is 0 Å². The standard InChI is InChI=1S/C16H20F4N2O/c17-15(18)16(19,20)23-13-4-2-1-3-12(13)14(11-5-6-11)22-9-7-21-8-10-22/h1-4,11,14-15,21H,5-10H2/t14-/m0/s1. The third-order valence-electron chi connectivity index (χ3n) is 4.35. The lowest BCUT2D eigenvalue weighted by Gasteiger charge is -2.36. The smallest absolute Gasteiger partial charge is 0.428 e. The molecule has 23 heavy (non-hydrogen) atoms. The van der Waals surface area contributed by atoms with Crippen LogP contribution in [-0.2, 0) is 0 Å². The number of para-hydroxylation sites is 1. The third-order valence-corrected chi connectivity index (χ3v) is 4.35. The summed E-state index contributed by atoms with van der Waals surface area (Å²) < 4.78 is 56.0. The molecule has 0 unspecified atom stereocenters. The summed E-state index contributed by atoms with van der Waals surface area (Å²) in [5, 5.41) is 3.26. The van der Waals surface area contributed by atoms with Crippen LogP contribution in [0.2, 0.25) is 0 Å². The molecule has 0 spiro atoms. The van der Waals surface area contributed by atoms with Crippen molar-refractivity contribution in [3.05, 3.63) is 29.8 Å². The SMILES string of the molecule is FC(F)C(F)(F)Oc1ccccc1[C@H](C1CC1)N1CCNCC1. The van der Waals surface area contributed by atoms with Crippen molar-refractivity contribution >= 4 is 0 Å². The third kappa shape index (κ3) is 3.77. The zero-order chi connectivity index (χ0) is 16.4. The van der Waals surface area contributed by atoms with Crippen molar-refractivity contribution in [3.63, 3.8) is 0 Å². The largest absolute Gasteiger partial charge is 0.461 e. The predicted molar refractivity (Wildman–Crippen MR) is 77.9 cm³/mol. The zero-order valence-corrected chi connectivity index (χ0v) is 12.7. The van der Waals surface area contributed by atoms with Crippen LogP contribution in [0.15, 0.2) is 24.3 Å². The first kappa shape index (κ1) is 16.5. The van der Waals surface area contributed by atoms with Gasteiger partial charge >= 0.3 is 12.5 Å². The van der Waals surface area contributed by atoms with Crippen molar-refractivity contribution in [2.75, 3.05) is 26.2 Å². The quantitative estimate of drug-likeness (QED) is 0.809. The van der Waals surface area contributed by atoms with E-state index in [2.05, 4.69) is 15.0 Å². The molecule has 1 heterocycles. The normalized spacial score (nSPS) is 21.4. The molecule has 1 N–H and O–H groups in total. The summed E-state index contributed by atoms with van der Waals surface area (Å²) in [7, 11) is 0. The first-order valence-electron chi connectivity index (χ1n) is 7.87. The number of nitrogens with one attached hydrogen (secondary N) is 1. The molecule has 3 rings (SSSR count). The van der Waals surface area contributed by atoms with Crippen LogP contribution in [0.1, 0.15) is 24.4 Å². The molecule has 2 aliphatic rings. The molecule has 1 aromatic rings. The van der Waals surface area contributed by atoms with Gasteiger partial charge in [0, 0.05) is 37.8 Å². The van der Waals surface area contributed by atoms with E-state index in [0.717, 1.165) is 39.0 Å². The van der Waals surface area contributed by atoms with Gasteiger partial charge in [-0.1, -0.05) is 18.2 Å². The maximum Gasteiger partial charge on any atom is 0.461 e. The summed E-state index contributed by atoms with van der Waals surface area (Å²) in [5.74, 6) is 0.228.